The average molecular weight is 329 g/mol. The quantitative estimate of drug-likeness (QED) is 0.918. The lowest BCUT2D eigenvalue weighted by Crippen LogP contribution is -2.55. The molecule has 3 unspecified atom stereocenters. The first kappa shape index (κ1) is 15.8. The molecule has 1 aliphatic heterocycles. The van der Waals surface area contributed by atoms with Crippen molar-refractivity contribution >= 4 is 6.03 Å². The zero-order valence-corrected chi connectivity index (χ0v) is 14.4. The van der Waals surface area contributed by atoms with Crippen LogP contribution in [0, 0.1) is 18.8 Å². The van der Waals surface area contributed by atoms with Crippen LogP contribution >= 0.6 is 0 Å². The summed E-state index contributed by atoms with van der Waals surface area (Å²) in [6, 6.07) is 2.66. The van der Waals surface area contributed by atoms with Gasteiger partial charge in [-0.3, -0.25) is 4.90 Å². The first-order chi connectivity index (χ1) is 11.7. The molecule has 0 spiro atoms. The van der Waals surface area contributed by atoms with Crippen molar-refractivity contribution in [2.75, 3.05) is 26.2 Å². The van der Waals surface area contributed by atoms with Crippen molar-refractivity contribution < 1.29 is 4.79 Å². The lowest BCUT2D eigenvalue weighted by Gasteiger charge is -2.40. The van der Waals surface area contributed by atoms with E-state index in [2.05, 4.69) is 20.2 Å². The Morgan fingerprint density at radius 3 is 2.75 bits per heavy atom. The minimum Gasteiger partial charge on any atom is -0.332 e. The number of carbonyl (C=O) groups is 1. The van der Waals surface area contributed by atoms with Crippen molar-refractivity contribution in [3.05, 3.63) is 23.8 Å². The van der Waals surface area contributed by atoms with Crippen LogP contribution in [0.2, 0.25) is 0 Å². The summed E-state index contributed by atoms with van der Waals surface area (Å²) in [5.74, 6) is 2.65. The lowest BCUT2D eigenvalue weighted by molar-refractivity contribution is 0.0826. The number of carbonyl (C=O) groups excluding carboxylic acids is 1. The van der Waals surface area contributed by atoms with Gasteiger partial charge in [-0.2, -0.15) is 0 Å². The van der Waals surface area contributed by atoms with Gasteiger partial charge in [-0.05, 0) is 44.1 Å². The van der Waals surface area contributed by atoms with Gasteiger partial charge in [0.1, 0.15) is 5.82 Å². The predicted octanol–water partition coefficient (Wildman–Crippen LogP) is 1.80. The van der Waals surface area contributed by atoms with Crippen LogP contribution < -0.4 is 5.32 Å². The second-order valence-corrected chi connectivity index (χ2v) is 7.52. The van der Waals surface area contributed by atoms with E-state index in [9.17, 15) is 4.79 Å². The molecule has 1 saturated heterocycles. The number of rotatable bonds is 3. The van der Waals surface area contributed by atoms with Crippen molar-refractivity contribution in [3.63, 3.8) is 0 Å². The molecule has 3 atom stereocenters. The maximum absolute atomic E-state index is 12.4. The summed E-state index contributed by atoms with van der Waals surface area (Å²) < 4.78 is 0. The van der Waals surface area contributed by atoms with Gasteiger partial charge >= 0.3 is 6.03 Å². The van der Waals surface area contributed by atoms with Gasteiger partial charge in [0.15, 0.2) is 0 Å². The number of hydrogen-bond acceptors (Lipinski definition) is 4. The summed E-state index contributed by atoms with van der Waals surface area (Å²) in [4.78, 5) is 25.4. The number of fused-ring (bicyclic) bond motifs is 2. The number of aryl methyl sites for hydroxylation is 1. The van der Waals surface area contributed by atoms with Gasteiger partial charge in [0.2, 0.25) is 0 Å². The molecule has 2 aliphatic carbocycles. The van der Waals surface area contributed by atoms with Crippen LogP contribution in [-0.2, 0) is 6.54 Å². The third kappa shape index (κ3) is 3.24. The lowest BCUT2D eigenvalue weighted by atomic mass is 9.93. The molecule has 2 bridgehead atoms. The van der Waals surface area contributed by atoms with Crippen LogP contribution in [0.25, 0.3) is 0 Å². The monoisotopic (exact) mass is 329 g/mol. The van der Waals surface area contributed by atoms with E-state index in [1.54, 1.807) is 6.20 Å². The van der Waals surface area contributed by atoms with E-state index in [0.717, 1.165) is 55.6 Å². The largest absolute Gasteiger partial charge is 0.332 e. The Hall–Kier alpha value is -1.69. The van der Waals surface area contributed by atoms with Crippen LogP contribution in [0.15, 0.2) is 12.3 Å². The van der Waals surface area contributed by atoms with Crippen molar-refractivity contribution in [2.45, 2.75) is 45.2 Å². The average Bonchev–Trinajstić information content (AvgIpc) is 3.23. The molecule has 6 nitrogen and oxygen atoms in total. The second kappa shape index (κ2) is 6.67. The maximum Gasteiger partial charge on any atom is 0.317 e. The van der Waals surface area contributed by atoms with Crippen molar-refractivity contribution in [1.82, 2.24) is 25.1 Å². The molecule has 2 saturated carbocycles. The first-order valence-electron chi connectivity index (χ1n) is 9.24. The third-order valence-electron chi connectivity index (χ3n) is 6.03. The zero-order chi connectivity index (χ0) is 16.5. The highest BCUT2D eigenvalue weighted by atomic mass is 16.2. The third-order valence-corrected chi connectivity index (χ3v) is 6.03. The van der Waals surface area contributed by atoms with E-state index in [1.165, 1.54) is 25.7 Å². The molecule has 2 amide bonds. The Balaban J connectivity index is 1.24. The number of nitrogens with one attached hydrogen (secondary N) is 1. The number of piperazine rings is 1. The molecule has 3 aliphatic rings. The summed E-state index contributed by atoms with van der Waals surface area (Å²) in [5.41, 5.74) is 0.858. The molecular formula is C18H27N5O. The van der Waals surface area contributed by atoms with Crippen LogP contribution in [-0.4, -0.2) is 58.0 Å². The molecule has 130 valence electrons. The summed E-state index contributed by atoms with van der Waals surface area (Å²) in [5, 5.41) is 2.99. The van der Waals surface area contributed by atoms with Gasteiger partial charge in [0, 0.05) is 38.4 Å². The molecule has 3 fully saturated rings. The van der Waals surface area contributed by atoms with Gasteiger partial charge < -0.3 is 10.2 Å². The molecule has 4 rings (SSSR count). The fraction of sp³-hybridized carbons (Fsp3) is 0.722. The van der Waals surface area contributed by atoms with Crippen molar-refractivity contribution in [2.24, 2.45) is 11.8 Å². The molecule has 1 N–H and O–H groups in total. The van der Waals surface area contributed by atoms with Crippen LogP contribution in [0.1, 0.15) is 37.2 Å². The number of amides is 2. The van der Waals surface area contributed by atoms with E-state index in [-0.39, 0.29) is 6.03 Å². The van der Waals surface area contributed by atoms with Gasteiger partial charge in [0.25, 0.3) is 0 Å². The van der Waals surface area contributed by atoms with E-state index >= 15 is 0 Å². The highest BCUT2D eigenvalue weighted by Gasteiger charge is 2.42. The molecule has 0 aromatic carbocycles. The minimum atomic E-state index is 0.0267. The maximum atomic E-state index is 12.4. The molecule has 6 heteroatoms. The highest BCUT2D eigenvalue weighted by Crippen LogP contribution is 2.46. The Bertz CT molecular complexity index is 599. The highest BCUT2D eigenvalue weighted by molar-refractivity contribution is 5.74. The normalized spacial score (nSPS) is 29.9. The Kier molecular flexibility index (Phi) is 4.39. The van der Waals surface area contributed by atoms with Crippen molar-refractivity contribution in [3.8, 4) is 0 Å². The van der Waals surface area contributed by atoms with Crippen molar-refractivity contribution in [1.29, 1.82) is 0 Å². The molecular weight excluding hydrogens is 302 g/mol. The summed E-state index contributed by atoms with van der Waals surface area (Å²) in [7, 11) is 0. The first-order valence-corrected chi connectivity index (χ1v) is 9.24. The van der Waals surface area contributed by atoms with Crippen LogP contribution in [0.4, 0.5) is 4.79 Å². The standard InChI is InChI=1S/C18H27N5O/c1-13-19-5-4-16(21-13)12-20-18(24)23-8-6-22(7-9-23)17-11-14-2-3-15(17)10-14/h4-5,14-15,17H,2-3,6-12H2,1H3,(H,20,24). The van der Waals surface area contributed by atoms with Crippen LogP contribution in [0.3, 0.4) is 0 Å². The second-order valence-electron chi connectivity index (χ2n) is 7.52. The van der Waals surface area contributed by atoms with Gasteiger partial charge in [0.05, 0.1) is 12.2 Å². The SMILES string of the molecule is Cc1nccc(CNC(=O)N2CCN(C3CC4CCC3C4)CC2)n1. The van der Waals surface area contributed by atoms with E-state index in [0.29, 0.717) is 6.54 Å². The zero-order valence-electron chi connectivity index (χ0n) is 14.4. The van der Waals surface area contributed by atoms with Gasteiger partial charge in [-0.25, -0.2) is 14.8 Å². The topological polar surface area (TPSA) is 61.4 Å². The fourth-order valence-corrected chi connectivity index (χ4v) is 4.80. The summed E-state index contributed by atoms with van der Waals surface area (Å²) >= 11 is 0. The van der Waals surface area contributed by atoms with E-state index in [4.69, 9.17) is 0 Å². The fourth-order valence-electron chi connectivity index (χ4n) is 4.80. The van der Waals surface area contributed by atoms with Gasteiger partial charge in [-0.15, -0.1) is 0 Å². The minimum absolute atomic E-state index is 0.0267. The molecule has 24 heavy (non-hydrogen) atoms. The predicted molar refractivity (Wildman–Crippen MR) is 91.4 cm³/mol. The Morgan fingerprint density at radius 1 is 1.25 bits per heavy atom. The number of aromatic nitrogens is 2. The van der Waals surface area contributed by atoms with E-state index in [1.807, 2.05) is 17.9 Å². The molecule has 0 radical (unpaired) electrons. The van der Waals surface area contributed by atoms with E-state index < -0.39 is 0 Å². The molecule has 1 aromatic heterocycles. The van der Waals surface area contributed by atoms with Gasteiger partial charge in [-0.1, -0.05) is 6.42 Å². The molecule has 1 aromatic rings. The van der Waals surface area contributed by atoms with Crippen LogP contribution in [0.5, 0.6) is 0 Å². The summed E-state index contributed by atoms with van der Waals surface area (Å²) in [6.45, 7) is 6.04. The Labute approximate surface area is 143 Å². The molecule has 2 heterocycles. The smallest absolute Gasteiger partial charge is 0.317 e. The number of hydrogen-bond donors (Lipinski definition) is 1. The number of urea groups is 1. The summed E-state index contributed by atoms with van der Waals surface area (Å²) in [6.07, 6.45) is 7.45. The number of nitrogens with zero attached hydrogens (tertiary/aromatic N) is 4. The Morgan fingerprint density at radius 2 is 2.08 bits per heavy atom.